The predicted octanol–water partition coefficient (Wildman–Crippen LogP) is 8.02. The summed E-state index contributed by atoms with van der Waals surface area (Å²) in [7, 11) is 0. The Hall–Kier alpha value is -1.87. The number of rotatable bonds is 8. The number of hydrogen-bond donors (Lipinski definition) is 0. The first-order valence-electron chi connectivity index (χ1n) is 11.9. The van der Waals surface area contributed by atoms with Crippen LogP contribution in [0.25, 0.3) is 0 Å². The van der Waals surface area contributed by atoms with Crippen molar-refractivity contribution in [2.45, 2.75) is 92.2 Å². The van der Waals surface area contributed by atoms with E-state index in [9.17, 15) is 4.39 Å². The highest BCUT2D eigenvalue weighted by molar-refractivity contribution is 5.47. The van der Waals surface area contributed by atoms with Crippen LogP contribution in [0.3, 0.4) is 0 Å². The van der Waals surface area contributed by atoms with Gasteiger partial charge in [0.2, 0.25) is 0 Å². The van der Waals surface area contributed by atoms with E-state index in [1.165, 1.54) is 37.7 Å². The molecular formula is C27H40FNO. The first kappa shape index (κ1) is 24.4. The smallest absolute Gasteiger partial charge is 0.131 e. The van der Waals surface area contributed by atoms with Crippen LogP contribution in [0.5, 0.6) is 0 Å². The second-order valence-electron chi connectivity index (χ2n) is 8.09. The number of hydrogen-bond acceptors (Lipinski definition) is 2. The Morgan fingerprint density at radius 3 is 2.50 bits per heavy atom. The molecule has 0 heterocycles. The lowest BCUT2D eigenvalue weighted by Gasteiger charge is -2.36. The molecule has 2 nitrogen and oxygen atoms in total. The largest absolute Gasteiger partial charge is 0.270 e. The quantitative estimate of drug-likeness (QED) is 0.406. The van der Waals surface area contributed by atoms with Crippen LogP contribution in [-0.4, -0.2) is 6.10 Å². The average molecular weight is 414 g/mol. The van der Waals surface area contributed by atoms with Gasteiger partial charge in [-0.15, -0.1) is 0 Å². The molecule has 3 heteroatoms. The zero-order chi connectivity index (χ0) is 21.9. The van der Waals surface area contributed by atoms with Gasteiger partial charge in [-0.2, -0.15) is 0 Å². The number of benzene rings is 2. The van der Waals surface area contributed by atoms with Gasteiger partial charge in [-0.1, -0.05) is 77.3 Å². The van der Waals surface area contributed by atoms with Gasteiger partial charge in [-0.3, -0.25) is 4.84 Å². The first-order valence-corrected chi connectivity index (χ1v) is 11.9. The Morgan fingerprint density at radius 2 is 1.77 bits per heavy atom. The monoisotopic (exact) mass is 413 g/mol. The Morgan fingerprint density at radius 1 is 1.03 bits per heavy atom. The predicted molar refractivity (Wildman–Crippen MR) is 126 cm³/mol. The first-order chi connectivity index (χ1) is 14.6. The fraction of sp³-hybridized carbons (Fsp3) is 0.556. The van der Waals surface area contributed by atoms with Gasteiger partial charge in [0, 0.05) is 5.56 Å². The number of hydroxylamine groups is 1. The number of aryl methyl sites for hydroxylation is 2. The van der Waals surface area contributed by atoms with Gasteiger partial charge >= 0.3 is 0 Å². The molecule has 0 aromatic heterocycles. The van der Waals surface area contributed by atoms with Crippen LogP contribution < -0.4 is 5.06 Å². The molecule has 2 aromatic carbocycles. The van der Waals surface area contributed by atoms with Crippen molar-refractivity contribution in [1.29, 1.82) is 0 Å². The molecule has 3 rings (SSSR count). The lowest BCUT2D eigenvalue weighted by molar-refractivity contribution is -0.0313. The Balaban J connectivity index is 0.00000155. The van der Waals surface area contributed by atoms with Crippen LogP contribution in [0, 0.1) is 18.7 Å². The molecule has 2 atom stereocenters. The SMILES string of the molecule is CC.CCCC1CCCCC1ON(Cc1cccc(C)c1F)c1cccc(CC)c1. The topological polar surface area (TPSA) is 12.5 Å². The molecule has 2 aromatic rings. The fourth-order valence-electron chi connectivity index (χ4n) is 4.28. The second-order valence-corrected chi connectivity index (χ2v) is 8.09. The van der Waals surface area contributed by atoms with Crippen molar-refractivity contribution in [2.75, 3.05) is 5.06 Å². The summed E-state index contributed by atoms with van der Waals surface area (Å²) < 4.78 is 14.7. The molecular weight excluding hydrogens is 373 g/mol. The third-order valence-electron chi connectivity index (χ3n) is 5.95. The molecule has 1 fully saturated rings. The Kier molecular flexibility index (Phi) is 10.4. The lowest BCUT2D eigenvalue weighted by atomic mass is 9.84. The van der Waals surface area contributed by atoms with Crippen LogP contribution in [0.4, 0.5) is 10.1 Å². The molecule has 166 valence electrons. The molecule has 1 saturated carbocycles. The second kappa shape index (κ2) is 12.7. The van der Waals surface area contributed by atoms with Crippen molar-refractivity contribution >= 4 is 5.69 Å². The summed E-state index contributed by atoms with van der Waals surface area (Å²) in [5.74, 6) is 0.467. The zero-order valence-corrected chi connectivity index (χ0v) is 19.6. The van der Waals surface area contributed by atoms with E-state index >= 15 is 0 Å². The van der Waals surface area contributed by atoms with E-state index in [-0.39, 0.29) is 11.9 Å². The molecule has 0 saturated heterocycles. The van der Waals surface area contributed by atoms with Gasteiger partial charge in [-0.25, -0.2) is 9.45 Å². The van der Waals surface area contributed by atoms with Crippen molar-refractivity contribution in [3.63, 3.8) is 0 Å². The molecule has 2 unspecified atom stereocenters. The van der Waals surface area contributed by atoms with Crippen molar-refractivity contribution in [2.24, 2.45) is 5.92 Å². The maximum atomic E-state index is 14.7. The Labute approximate surface area is 183 Å². The summed E-state index contributed by atoms with van der Waals surface area (Å²) in [5.41, 5.74) is 3.65. The van der Waals surface area contributed by atoms with Crippen LogP contribution in [0.1, 0.15) is 82.9 Å². The minimum atomic E-state index is -0.128. The average Bonchev–Trinajstić information content (AvgIpc) is 2.79. The summed E-state index contributed by atoms with van der Waals surface area (Å²) in [6.45, 7) is 10.6. The van der Waals surface area contributed by atoms with Crippen LogP contribution in [0.2, 0.25) is 0 Å². The molecule has 0 spiro atoms. The normalized spacial score (nSPS) is 18.5. The lowest BCUT2D eigenvalue weighted by Crippen LogP contribution is -2.36. The Bertz CT molecular complexity index is 758. The minimum Gasteiger partial charge on any atom is -0.270 e. The maximum Gasteiger partial charge on any atom is 0.131 e. The van der Waals surface area contributed by atoms with E-state index in [1.54, 1.807) is 0 Å². The van der Waals surface area contributed by atoms with E-state index in [2.05, 4.69) is 38.1 Å². The third kappa shape index (κ3) is 6.57. The third-order valence-corrected chi connectivity index (χ3v) is 5.95. The van der Waals surface area contributed by atoms with E-state index in [4.69, 9.17) is 4.84 Å². The van der Waals surface area contributed by atoms with Gasteiger partial charge in [0.1, 0.15) is 5.82 Å². The minimum absolute atomic E-state index is 0.128. The highest BCUT2D eigenvalue weighted by Crippen LogP contribution is 2.33. The van der Waals surface area contributed by atoms with Gasteiger partial charge in [-0.05, 0) is 61.8 Å². The van der Waals surface area contributed by atoms with Crippen molar-refractivity contribution < 1.29 is 9.23 Å². The molecule has 0 bridgehead atoms. The zero-order valence-electron chi connectivity index (χ0n) is 19.6. The summed E-state index contributed by atoms with van der Waals surface area (Å²) in [5, 5.41) is 1.94. The van der Waals surface area contributed by atoms with Crippen molar-refractivity contribution in [1.82, 2.24) is 0 Å². The van der Waals surface area contributed by atoms with Gasteiger partial charge in [0.05, 0.1) is 18.3 Å². The van der Waals surface area contributed by atoms with E-state index in [1.807, 2.05) is 44.0 Å². The summed E-state index contributed by atoms with van der Waals surface area (Å²) in [4.78, 5) is 6.61. The van der Waals surface area contributed by atoms with Crippen molar-refractivity contribution in [3.8, 4) is 0 Å². The fourth-order valence-corrected chi connectivity index (χ4v) is 4.28. The molecule has 0 radical (unpaired) electrons. The van der Waals surface area contributed by atoms with E-state index in [0.29, 0.717) is 23.6 Å². The van der Waals surface area contributed by atoms with Crippen LogP contribution in [-0.2, 0) is 17.8 Å². The molecule has 0 aliphatic heterocycles. The van der Waals surface area contributed by atoms with E-state index in [0.717, 1.165) is 18.5 Å². The van der Waals surface area contributed by atoms with Crippen LogP contribution >= 0.6 is 0 Å². The number of anilines is 1. The molecule has 1 aliphatic carbocycles. The van der Waals surface area contributed by atoms with E-state index < -0.39 is 0 Å². The summed E-state index contributed by atoms with van der Waals surface area (Å²) in [6.07, 6.45) is 8.41. The summed E-state index contributed by atoms with van der Waals surface area (Å²) >= 11 is 0. The molecule has 0 amide bonds. The number of halogens is 1. The molecule has 0 N–H and O–H groups in total. The molecule has 1 aliphatic rings. The highest BCUT2D eigenvalue weighted by Gasteiger charge is 2.28. The standard InChI is InChI=1S/C25H34FNO.C2H6/c1-4-10-21-13-6-7-16-24(21)28-27(23-15-9-12-20(5-2)17-23)18-22-14-8-11-19(3)25(22)26;1-2/h8-9,11-12,14-15,17,21,24H,4-7,10,13,16,18H2,1-3H3;1-2H3. The van der Waals surface area contributed by atoms with Gasteiger partial charge < -0.3 is 0 Å². The van der Waals surface area contributed by atoms with Crippen LogP contribution in [0.15, 0.2) is 42.5 Å². The van der Waals surface area contributed by atoms with Gasteiger partial charge in [0.25, 0.3) is 0 Å². The van der Waals surface area contributed by atoms with Gasteiger partial charge in [0.15, 0.2) is 0 Å². The highest BCUT2D eigenvalue weighted by atomic mass is 19.1. The maximum absolute atomic E-state index is 14.7. The molecule has 30 heavy (non-hydrogen) atoms. The van der Waals surface area contributed by atoms with Crippen molar-refractivity contribution in [3.05, 3.63) is 65.0 Å². The number of nitrogens with zero attached hydrogens (tertiary/aromatic N) is 1. The summed E-state index contributed by atoms with van der Waals surface area (Å²) in [6, 6.07) is 14.1.